The van der Waals surface area contributed by atoms with Crippen molar-refractivity contribution >= 4 is 11.3 Å². The van der Waals surface area contributed by atoms with E-state index in [1.165, 1.54) is 0 Å². The number of hydrogen-bond acceptors (Lipinski definition) is 4. The van der Waals surface area contributed by atoms with Gasteiger partial charge >= 0.3 is 0 Å². The molecule has 3 aromatic heterocycles. The molecule has 0 aliphatic carbocycles. The van der Waals surface area contributed by atoms with E-state index >= 15 is 0 Å². The van der Waals surface area contributed by atoms with E-state index in [1.807, 2.05) is 94.0 Å². The van der Waals surface area contributed by atoms with Crippen molar-refractivity contribution in [1.82, 2.24) is 18.9 Å². The second-order valence-electron chi connectivity index (χ2n) is 8.50. The van der Waals surface area contributed by atoms with Gasteiger partial charge in [0.15, 0.2) is 0 Å². The van der Waals surface area contributed by atoms with Gasteiger partial charge in [-0.1, -0.05) is 30.3 Å². The summed E-state index contributed by atoms with van der Waals surface area (Å²) >= 11 is 1.60. The van der Waals surface area contributed by atoms with Gasteiger partial charge in [-0.15, -0.1) is 11.3 Å². The molecule has 0 N–H and O–H groups in total. The standard InChI is InChI=1S/C28H28N4O2S/c1-6-34-25-15-11-10-14-22(25)27-29-24(17-35-27)23-16-18(2)31(19(23)3)26-20(4)30(5)32(28(26)33)21-12-8-7-9-13-21/h7-17H,6H2,1-5H3. The summed E-state index contributed by atoms with van der Waals surface area (Å²) < 4.78 is 11.5. The van der Waals surface area contributed by atoms with Crippen molar-refractivity contribution in [2.24, 2.45) is 7.05 Å². The van der Waals surface area contributed by atoms with Crippen LogP contribution in [0.25, 0.3) is 33.2 Å². The molecule has 2 aromatic carbocycles. The highest BCUT2D eigenvalue weighted by atomic mass is 32.1. The minimum atomic E-state index is -0.0471. The predicted molar refractivity (Wildman–Crippen MR) is 142 cm³/mol. The highest BCUT2D eigenvalue weighted by Crippen LogP contribution is 2.36. The molecule has 0 saturated carbocycles. The van der Waals surface area contributed by atoms with E-state index in [4.69, 9.17) is 9.72 Å². The first-order valence-corrected chi connectivity index (χ1v) is 12.5. The molecule has 0 aliphatic rings. The van der Waals surface area contributed by atoms with Crippen molar-refractivity contribution in [3.05, 3.63) is 93.5 Å². The second-order valence-corrected chi connectivity index (χ2v) is 9.36. The number of nitrogens with zero attached hydrogens (tertiary/aromatic N) is 4. The molecule has 0 aliphatic heterocycles. The summed E-state index contributed by atoms with van der Waals surface area (Å²) in [5.41, 5.74) is 7.25. The van der Waals surface area contributed by atoms with Crippen LogP contribution in [0.4, 0.5) is 0 Å². The Labute approximate surface area is 208 Å². The van der Waals surface area contributed by atoms with Gasteiger partial charge in [-0.25, -0.2) is 9.67 Å². The normalized spacial score (nSPS) is 11.2. The van der Waals surface area contributed by atoms with Crippen LogP contribution in [0.5, 0.6) is 5.75 Å². The van der Waals surface area contributed by atoms with E-state index in [1.54, 1.807) is 16.0 Å². The van der Waals surface area contributed by atoms with Crippen LogP contribution in [0, 0.1) is 20.8 Å². The van der Waals surface area contributed by atoms with E-state index in [0.717, 1.165) is 50.3 Å². The van der Waals surface area contributed by atoms with Gasteiger partial charge in [0.05, 0.1) is 29.2 Å². The van der Waals surface area contributed by atoms with Crippen molar-refractivity contribution in [2.45, 2.75) is 27.7 Å². The van der Waals surface area contributed by atoms with Crippen LogP contribution in [0.15, 0.2) is 70.8 Å². The number of benzene rings is 2. The maximum absolute atomic E-state index is 13.6. The van der Waals surface area contributed by atoms with Crippen LogP contribution in [0.1, 0.15) is 24.0 Å². The summed E-state index contributed by atoms with van der Waals surface area (Å²) in [4.78, 5) is 18.6. The van der Waals surface area contributed by atoms with Gasteiger partial charge in [0.1, 0.15) is 16.4 Å². The first-order chi connectivity index (χ1) is 16.9. The molecule has 5 rings (SSSR count). The van der Waals surface area contributed by atoms with Gasteiger partial charge in [0.25, 0.3) is 5.56 Å². The summed E-state index contributed by atoms with van der Waals surface area (Å²) in [6.07, 6.45) is 0. The molecule has 0 spiro atoms. The maximum Gasteiger partial charge on any atom is 0.295 e. The number of ether oxygens (including phenoxy) is 1. The largest absolute Gasteiger partial charge is 0.493 e. The third-order valence-corrected chi connectivity index (χ3v) is 7.25. The van der Waals surface area contributed by atoms with Crippen LogP contribution in [0.2, 0.25) is 0 Å². The zero-order valence-electron chi connectivity index (χ0n) is 20.6. The molecule has 7 heteroatoms. The molecule has 178 valence electrons. The third kappa shape index (κ3) is 3.82. The molecule has 5 aromatic rings. The Morgan fingerprint density at radius 2 is 1.66 bits per heavy atom. The summed E-state index contributed by atoms with van der Waals surface area (Å²) in [6.45, 7) is 8.66. The van der Waals surface area contributed by atoms with Crippen LogP contribution >= 0.6 is 11.3 Å². The van der Waals surface area contributed by atoms with Gasteiger partial charge in [-0.2, -0.15) is 0 Å². The van der Waals surface area contributed by atoms with E-state index in [9.17, 15) is 4.79 Å². The lowest BCUT2D eigenvalue weighted by molar-refractivity contribution is 0.341. The predicted octanol–water partition coefficient (Wildman–Crippen LogP) is 6.08. The minimum Gasteiger partial charge on any atom is -0.493 e. The fourth-order valence-electron chi connectivity index (χ4n) is 4.62. The SMILES string of the molecule is CCOc1ccccc1-c1nc(-c2cc(C)n(-c3c(C)n(C)n(-c4ccccc4)c3=O)c2C)cs1. The molecule has 0 saturated heterocycles. The van der Waals surface area contributed by atoms with Crippen molar-refractivity contribution in [3.8, 4) is 39.0 Å². The van der Waals surface area contributed by atoms with E-state index in [-0.39, 0.29) is 5.56 Å². The number of aryl methyl sites for hydroxylation is 1. The maximum atomic E-state index is 13.6. The minimum absolute atomic E-state index is 0.0471. The van der Waals surface area contributed by atoms with Gasteiger partial charge in [0.2, 0.25) is 0 Å². The quantitative estimate of drug-likeness (QED) is 0.293. The molecule has 6 nitrogen and oxygen atoms in total. The first kappa shape index (κ1) is 22.9. The van der Waals surface area contributed by atoms with Gasteiger partial charge in [0, 0.05) is 29.4 Å². The Bertz CT molecular complexity index is 1570. The Hall–Kier alpha value is -3.84. The second kappa shape index (κ2) is 9.07. The van der Waals surface area contributed by atoms with Crippen LogP contribution in [0.3, 0.4) is 0 Å². The van der Waals surface area contributed by atoms with Gasteiger partial charge in [-0.05, 0) is 58.0 Å². The molecular weight excluding hydrogens is 456 g/mol. The summed E-state index contributed by atoms with van der Waals surface area (Å²) in [6, 6.07) is 19.8. The third-order valence-electron chi connectivity index (χ3n) is 6.38. The average molecular weight is 485 g/mol. The molecule has 0 unspecified atom stereocenters. The summed E-state index contributed by atoms with van der Waals surface area (Å²) in [7, 11) is 1.92. The first-order valence-electron chi connectivity index (χ1n) is 11.6. The Morgan fingerprint density at radius 1 is 0.943 bits per heavy atom. The number of para-hydroxylation sites is 2. The van der Waals surface area contributed by atoms with Crippen LogP contribution < -0.4 is 10.3 Å². The van der Waals surface area contributed by atoms with Crippen molar-refractivity contribution in [2.75, 3.05) is 6.61 Å². The Morgan fingerprint density at radius 3 is 2.40 bits per heavy atom. The number of thiazole rings is 1. The van der Waals surface area contributed by atoms with E-state index in [2.05, 4.69) is 16.0 Å². The number of hydrogen-bond donors (Lipinski definition) is 0. The summed E-state index contributed by atoms with van der Waals surface area (Å²) in [5.74, 6) is 0.836. The van der Waals surface area contributed by atoms with Crippen LogP contribution in [-0.4, -0.2) is 25.5 Å². The lowest BCUT2D eigenvalue weighted by Gasteiger charge is -2.08. The lowest BCUT2D eigenvalue weighted by Crippen LogP contribution is -2.21. The fourth-order valence-corrected chi connectivity index (χ4v) is 5.47. The molecular formula is C28H28N4O2S. The molecule has 0 amide bonds. The van der Waals surface area contributed by atoms with E-state index < -0.39 is 0 Å². The van der Waals surface area contributed by atoms with Gasteiger partial charge in [-0.3, -0.25) is 9.48 Å². The smallest absolute Gasteiger partial charge is 0.295 e. The highest BCUT2D eigenvalue weighted by molar-refractivity contribution is 7.13. The zero-order chi connectivity index (χ0) is 24.7. The van der Waals surface area contributed by atoms with Crippen LogP contribution in [-0.2, 0) is 7.05 Å². The topological polar surface area (TPSA) is 54.0 Å². The van der Waals surface area contributed by atoms with E-state index in [0.29, 0.717) is 12.3 Å². The average Bonchev–Trinajstić information content (AvgIpc) is 3.51. The van der Waals surface area contributed by atoms with Crippen molar-refractivity contribution < 1.29 is 4.74 Å². The molecule has 0 radical (unpaired) electrons. The lowest BCUT2D eigenvalue weighted by atomic mass is 10.2. The number of rotatable bonds is 6. The number of aromatic nitrogens is 4. The van der Waals surface area contributed by atoms with Crippen molar-refractivity contribution in [3.63, 3.8) is 0 Å². The molecule has 0 atom stereocenters. The molecule has 0 fully saturated rings. The highest BCUT2D eigenvalue weighted by Gasteiger charge is 2.23. The fraction of sp³-hybridized carbons (Fsp3) is 0.214. The molecule has 0 bridgehead atoms. The molecule has 3 heterocycles. The monoisotopic (exact) mass is 484 g/mol. The van der Waals surface area contributed by atoms with Gasteiger partial charge < -0.3 is 9.30 Å². The zero-order valence-corrected chi connectivity index (χ0v) is 21.4. The summed E-state index contributed by atoms with van der Waals surface area (Å²) in [5, 5.41) is 2.99. The Balaban J connectivity index is 1.61. The molecule has 35 heavy (non-hydrogen) atoms. The Kier molecular flexibility index (Phi) is 5.94. The van der Waals surface area contributed by atoms with Crippen molar-refractivity contribution in [1.29, 1.82) is 0 Å².